The summed E-state index contributed by atoms with van der Waals surface area (Å²) < 4.78 is 27.6. The van der Waals surface area contributed by atoms with Gasteiger partial charge in [0.2, 0.25) is 0 Å². The summed E-state index contributed by atoms with van der Waals surface area (Å²) in [5.41, 5.74) is 1.10. The second kappa shape index (κ2) is 12.7. The van der Waals surface area contributed by atoms with Crippen LogP contribution in [0.3, 0.4) is 0 Å². The van der Waals surface area contributed by atoms with Crippen LogP contribution in [0.15, 0.2) is 30.3 Å². The van der Waals surface area contributed by atoms with Crippen LogP contribution in [0.2, 0.25) is 5.54 Å². The number of hydrogen-bond acceptors (Lipinski definition) is 6. The summed E-state index contributed by atoms with van der Waals surface area (Å²) in [6.45, 7) is 4.83. The predicted molar refractivity (Wildman–Crippen MR) is 108 cm³/mol. The maximum absolute atomic E-state index is 11.3. The molecule has 0 bridgehead atoms. The first-order chi connectivity index (χ1) is 13.0. The van der Waals surface area contributed by atoms with E-state index < -0.39 is 8.80 Å². The maximum atomic E-state index is 11.3. The van der Waals surface area contributed by atoms with Gasteiger partial charge in [-0.05, 0) is 43.5 Å². The molecule has 0 spiro atoms. The molecule has 1 unspecified atom stereocenters. The molecule has 0 N–H and O–H groups in total. The minimum Gasteiger partial charge on any atom is -0.494 e. The molecule has 0 saturated heterocycles. The van der Waals surface area contributed by atoms with Crippen molar-refractivity contribution in [2.24, 2.45) is 0 Å². The molecule has 7 heteroatoms. The largest absolute Gasteiger partial charge is 0.503 e. The van der Waals surface area contributed by atoms with Gasteiger partial charge >= 0.3 is 14.8 Å². The van der Waals surface area contributed by atoms with E-state index in [1.165, 1.54) is 6.08 Å². The smallest absolute Gasteiger partial charge is 0.494 e. The van der Waals surface area contributed by atoms with Gasteiger partial charge in [0.1, 0.15) is 5.75 Å². The molecular formula is C20H32O6Si. The molecule has 1 atom stereocenters. The molecule has 0 amide bonds. The first-order valence-corrected chi connectivity index (χ1v) is 11.1. The van der Waals surface area contributed by atoms with Crippen molar-refractivity contribution < 1.29 is 27.5 Å². The molecule has 0 aliphatic carbocycles. The first kappa shape index (κ1) is 23.4. The molecule has 1 rings (SSSR count). The van der Waals surface area contributed by atoms with Gasteiger partial charge in [-0.15, -0.1) is 0 Å². The van der Waals surface area contributed by atoms with Crippen LogP contribution in [0.5, 0.6) is 5.75 Å². The van der Waals surface area contributed by atoms with Gasteiger partial charge in [0.05, 0.1) is 13.2 Å². The van der Waals surface area contributed by atoms with Crippen LogP contribution in [-0.2, 0) is 22.8 Å². The lowest BCUT2D eigenvalue weighted by atomic mass is 10.2. The molecule has 1 aromatic carbocycles. The summed E-state index contributed by atoms with van der Waals surface area (Å²) in [5.74, 6) is 0.430. The van der Waals surface area contributed by atoms with E-state index in [9.17, 15) is 4.79 Å². The number of carbonyl (C=O) groups is 1. The fourth-order valence-corrected chi connectivity index (χ4v) is 5.56. The summed E-state index contributed by atoms with van der Waals surface area (Å²) in [4.78, 5) is 11.3. The Morgan fingerprint density at radius 1 is 1.04 bits per heavy atom. The normalized spacial score (nSPS) is 12.9. The van der Waals surface area contributed by atoms with Gasteiger partial charge in [0.25, 0.3) is 0 Å². The molecule has 0 saturated carbocycles. The van der Waals surface area contributed by atoms with Crippen molar-refractivity contribution in [3.8, 4) is 5.75 Å². The van der Waals surface area contributed by atoms with E-state index in [1.807, 2.05) is 24.3 Å². The van der Waals surface area contributed by atoms with Gasteiger partial charge in [-0.1, -0.05) is 25.5 Å². The van der Waals surface area contributed by atoms with Crippen molar-refractivity contribution in [3.05, 3.63) is 35.9 Å². The Labute approximate surface area is 163 Å². The Morgan fingerprint density at radius 2 is 1.67 bits per heavy atom. The average molecular weight is 397 g/mol. The third-order valence-electron chi connectivity index (χ3n) is 4.30. The Bertz CT molecular complexity index is 560. The van der Waals surface area contributed by atoms with Crippen molar-refractivity contribution in [1.29, 1.82) is 0 Å². The number of benzene rings is 1. The van der Waals surface area contributed by atoms with Crippen LogP contribution >= 0.6 is 0 Å². The standard InChI is InChI=1S/C20H32O6Si/c1-6-8-19(27(22-3,23-4)24-5)15-16-26-18-12-9-17(10-13-18)11-14-20(21)25-7-2/h9-14,19H,6-8,15-16H2,1-5H3. The molecule has 0 aromatic heterocycles. The van der Waals surface area contributed by atoms with E-state index in [1.54, 1.807) is 34.3 Å². The van der Waals surface area contributed by atoms with Gasteiger partial charge in [-0.2, -0.15) is 0 Å². The fraction of sp³-hybridized carbons (Fsp3) is 0.550. The topological polar surface area (TPSA) is 63.2 Å². The van der Waals surface area contributed by atoms with E-state index in [0.29, 0.717) is 13.2 Å². The minimum atomic E-state index is -2.68. The van der Waals surface area contributed by atoms with E-state index in [4.69, 9.17) is 22.8 Å². The lowest BCUT2D eigenvalue weighted by Crippen LogP contribution is -2.48. The highest BCUT2D eigenvalue weighted by Crippen LogP contribution is 2.32. The maximum Gasteiger partial charge on any atom is 0.503 e. The lowest BCUT2D eigenvalue weighted by Gasteiger charge is -2.32. The number of carbonyl (C=O) groups excluding carboxylic acids is 1. The second-order valence-electron chi connectivity index (χ2n) is 5.99. The minimum absolute atomic E-state index is 0.189. The Balaban J connectivity index is 2.60. The fourth-order valence-electron chi connectivity index (χ4n) is 2.95. The van der Waals surface area contributed by atoms with Crippen molar-refractivity contribution >= 4 is 20.8 Å². The summed E-state index contributed by atoms with van der Waals surface area (Å²) >= 11 is 0. The van der Waals surface area contributed by atoms with E-state index >= 15 is 0 Å². The molecule has 0 aliphatic heterocycles. The molecule has 0 radical (unpaired) electrons. The van der Waals surface area contributed by atoms with E-state index in [2.05, 4.69) is 6.92 Å². The summed E-state index contributed by atoms with van der Waals surface area (Å²) in [6.07, 6.45) is 5.91. The zero-order chi connectivity index (χ0) is 20.1. The Morgan fingerprint density at radius 3 is 2.19 bits per heavy atom. The van der Waals surface area contributed by atoms with E-state index in [0.717, 1.165) is 30.6 Å². The number of rotatable bonds is 13. The molecule has 1 aromatic rings. The molecule has 27 heavy (non-hydrogen) atoms. The van der Waals surface area contributed by atoms with Crippen LogP contribution < -0.4 is 4.74 Å². The van der Waals surface area contributed by atoms with Gasteiger partial charge in [0.15, 0.2) is 0 Å². The second-order valence-corrected chi connectivity index (χ2v) is 9.24. The van der Waals surface area contributed by atoms with Crippen molar-refractivity contribution in [2.75, 3.05) is 34.5 Å². The molecule has 0 fully saturated rings. The summed E-state index contributed by atoms with van der Waals surface area (Å²) in [5, 5.41) is 0. The molecule has 0 heterocycles. The molecule has 0 aliphatic rings. The quantitative estimate of drug-likeness (QED) is 0.284. The highest BCUT2D eigenvalue weighted by molar-refractivity contribution is 6.62. The number of hydrogen-bond donors (Lipinski definition) is 0. The number of ether oxygens (including phenoxy) is 2. The van der Waals surface area contributed by atoms with E-state index in [-0.39, 0.29) is 11.5 Å². The van der Waals surface area contributed by atoms with Crippen molar-refractivity contribution in [1.82, 2.24) is 0 Å². The van der Waals surface area contributed by atoms with Crippen LogP contribution in [0.25, 0.3) is 6.08 Å². The Hall–Kier alpha value is -1.67. The lowest BCUT2D eigenvalue weighted by molar-refractivity contribution is -0.137. The predicted octanol–water partition coefficient (Wildman–Crippen LogP) is 4.08. The first-order valence-electron chi connectivity index (χ1n) is 9.28. The van der Waals surface area contributed by atoms with Crippen LogP contribution in [0.1, 0.15) is 38.7 Å². The monoisotopic (exact) mass is 396 g/mol. The van der Waals surface area contributed by atoms with Gasteiger partial charge in [-0.3, -0.25) is 0 Å². The number of esters is 1. The highest BCUT2D eigenvalue weighted by atomic mass is 28.4. The Kier molecular flexibility index (Phi) is 11.0. The van der Waals surface area contributed by atoms with Gasteiger partial charge in [0, 0.05) is 32.9 Å². The van der Waals surface area contributed by atoms with Crippen LogP contribution in [0.4, 0.5) is 0 Å². The van der Waals surface area contributed by atoms with Crippen LogP contribution in [-0.4, -0.2) is 49.3 Å². The molecule has 152 valence electrons. The van der Waals surface area contributed by atoms with Crippen molar-refractivity contribution in [3.63, 3.8) is 0 Å². The van der Waals surface area contributed by atoms with Crippen molar-refractivity contribution in [2.45, 2.75) is 38.7 Å². The third-order valence-corrected chi connectivity index (χ3v) is 7.59. The zero-order valence-corrected chi connectivity index (χ0v) is 18.0. The zero-order valence-electron chi connectivity index (χ0n) is 17.0. The SMILES string of the molecule is CCCC(CCOc1ccc(C=CC(=O)OCC)cc1)[Si](OC)(OC)OC. The van der Waals surface area contributed by atoms with Gasteiger partial charge in [-0.25, -0.2) is 4.79 Å². The van der Waals surface area contributed by atoms with Gasteiger partial charge < -0.3 is 22.8 Å². The summed E-state index contributed by atoms with van der Waals surface area (Å²) in [6, 6.07) is 7.56. The highest BCUT2D eigenvalue weighted by Gasteiger charge is 2.46. The molecule has 6 nitrogen and oxygen atoms in total. The van der Waals surface area contributed by atoms with Crippen LogP contribution in [0, 0.1) is 0 Å². The molecular weight excluding hydrogens is 364 g/mol. The summed E-state index contributed by atoms with van der Waals surface area (Å²) in [7, 11) is 2.26. The average Bonchev–Trinajstić information content (AvgIpc) is 2.69. The third kappa shape index (κ3) is 7.46.